The molecule has 1 fully saturated rings. The molecule has 0 saturated heterocycles. The van der Waals surface area contributed by atoms with E-state index < -0.39 is 5.60 Å². The normalized spacial score (nSPS) is 25.9. The van der Waals surface area contributed by atoms with Crippen LogP contribution in [0.4, 0.5) is 0 Å². The summed E-state index contributed by atoms with van der Waals surface area (Å²) in [6.07, 6.45) is 6.29. The van der Waals surface area contributed by atoms with Crippen molar-refractivity contribution in [3.63, 3.8) is 0 Å². The summed E-state index contributed by atoms with van der Waals surface area (Å²) in [5.41, 5.74) is 0.724. The average molecular weight is 300 g/mol. The largest absolute Gasteiger partial charge is 0.389 e. The molecule has 2 aromatic rings. The molecule has 0 bridgehead atoms. The van der Waals surface area contributed by atoms with Gasteiger partial charge in [-0.3, -0.25) is 0 Å². The van der Waals surface area contributed by atoms with E-state index in [2.05, 4.69) is 49.4 Å². The fourth-order valence-corrected chi connectivity index (χ4v) is 4.68. The minimum atomic E-state index is -0.574. The molecule has 2 heteroatoms. The maximum absolute atomic E-state index is 11.3. The van der Waals surface area contributed by atoms with Gasteiger partial charge in [-0.25, -0.2) is 0 Å². The van der Waals surface area contributed by atoms with E-state index >= 15 is 0 Å². The fraction of sp³-hybridized carbons (Fsp3) is 0.474. The number of hydrogen-bond donors (Lipinski definition) is 1. The van der Waals surface area contributed by atoms with Crippen LogP contribution in [0, 0.1) is 0 Å². The molecule has 1 saturated carbocycles. The van der Waals surface area contributed by atoms with Crippen LogP contribution in [0.15, 0.2) is 42.5 Å². The molecule has 112 valence electrons. The first-order chi connectivity index (χ1) is 10.2. The van der Waals surface area contributed by atoms with Crippen LogP contribution in [0.1, 0.15) is 53.8 Å². The number of aryl methyl sites for hydroxylation is 1. The summed E-state index contributed by atoms with van der Waals surface area (Å²) in [5.74, 6) is 0.277. The van der Waals surface area contributed by atoms with Gasteiger partial charge >= 0.3 is 0 Å². The van der Waals surface area contributed by atoms with E-state index in [9.17, 15) is 5.11 Å². The number of rotatable bonds is 4. The average Bonchev–Trinajstić information content (AvgIpc) is 2.95. The number of benzene rings is 1. The Hall–Kier alpha value is -1.12. The molecule has 1 aliphatic carbocycles. The zero-order valence-electron chi connectivity index (χ0n) is 12.7. The van der Waals surface area contributed by atoms with Crippen LogP contribution >= 0.6 is 11.3 Å². The lowest BCUT2D eigenvalue weighted by Crippen LogP contribution is -2.41. The number of hydrogen-bond acceptors (Lipinski definition) is 2. The third-order valence-electron chi connectivity index (χ3n) is 4.75. The molecular weight excluding hydrogens is 276 g/mol. The van der Waals surface area contributed by atoms with E-state index in [0.29, 0.717) is 0 Å². The van der Waals surface area contributed by atoms with Crippen molar-refractivity contribution >= 4 is 11.3 Å². The summed E-state index contributed by atoms with van der Waals surface area (Å²) < 4.78 is 0. The Balaban J connectivity index is 1.85. The molecule has 0 radical (unpaired) electrons. The minimum Gasteiger partial charge on any atom is -0.389 e. The highest BCUT2D eigenvalue weighted by molar-refractivity contribution is 7.12. The van der Waals surface area contributed by atoms with Crippen LogP contribution in [-0.4, -0.2) is 10.7 Å². The van der Waals surface area contributed by atoms with Crippen LogP contribution < -0.4 is 0 Å². The van der Waals surface area contributed by atoms with Gasteiger partial charge < -0.3 is 5.11 Å². The minimum absolute atomic E-state index is 0.277. The second kappa shape index (κ2) is 6.33. The van der Waals surface area contributed by atoms with Crippen LogP contribution in [0.25, 0.3) is 0 Å². The van der Waals surface area contributed by atoms with Crippen molar-refractivity contribution < 1.29 is 5.11 Å². The van der Waals surface area contributed by atoms with Crippen molar-refractivity contribution in [1.82, 2.24) is 0 Å². The van der Waals surface area contributed by atoms with Gasteiger partial charge in [0.1, 0.15) is 0 Å². The first-order valence-corrected chi connectivity index (χ1v) is 8.88. The third-order valence-corrected chi connectivity index (χ3v) is 5.98. The lowest BCUT2D eigenvalue weighted by atomic mass is 9.70. The molecule has 1 heterocycles. The van der Waals surface area contributed by atoms with Gasteiger partial charge in [-0.2, -0.15) is 0 Å². The van der Waals surface area contributed by atoms with Gasteiger partial charge in [-0.05, 0) is 37.0 Å². The van der Waals surface area contributed by atoms with Gasteiger partial charge in [0.25, 0.3) is 0 Å². The van der Waals surface area contributed by atoms with Crippen LogP contribution in [0.3, 0.4) is 0 Å². The summed E-state index contributed by atoms with van der Waals surface area (Å²) in [6, 6.07) is 15.0. The zero-order valence-corrected chi connectivity index (χ0v) is 13.5. The number of aliphatic hydroxyl groups is 1. The van der Waals surface area contributed by atoms with Gasteiger partial charge in [-0.1, -0.05) is 50.1 Å². The Morgan fingerprint density at radius 1 is 1.10 bits per heavy atom. The first-order valence-electron chi connectivity index (χ1n) is 8.06. The summed E-state index contributed by atoms with van der Waals surface area (Å²) >= 11 is 1.86. The van der Waals surface area contributed by atoms with Crippen molar-refractivity contribution in [3.05, 3.63) is 57.8 Å². The molecule has 21 heavy (non-hydrogen) atoms. The van der Waals surface area contributed by atoms with Crippen LogP contribution in [-0.2, 0) is 12.8 Å². The van der Waals surface area contributed by atoms with E-state index in [0.717, 1.165) is 32.1 Å². The molecule has 0 amide bonds. The molecule has 0 spiro atoms. The quantitative estimate of drug-likeness (QED) is 0.847. The SMILES string of the molecule is CCc1ccc(CC2(O)CCCCC2c2ccccc2)s1. The van der Waals surface area contributed by atoms with Gasteiger partial charge in [0.15, 0.2) is 0 Å². The van der Waals surface area contributed by atoms with Crippen molar-refractivity contribution in [3.8, 4) is 0 Å². The molecule has 0 aliphatic heterocycles. The Kier molecular flexibility index (Phi) is 4.46. The zero-order chi connectivity index (χ0) is 14.7. The molecule has 2 atom stereocenters. The highest BCUT2D eigenvalue weighted by Crippen LogP contribution is 2.43. The second-order valence-electron chi connectivity index (χ2n) is 6.21. The topological polar surface area (TPSA) is 20.2 Å². The lowest BCUT2D eigenvalue weighted by Gasteiger charge is -2.40. The molecule has 1 aromatic heterocycles. The summed E-state index contributed by atoms with van der Waals surface area (Å²) in [6.45, 7) is 2.19. The predicted molar refractivity (Wildman–Crippen MR) is 90.0 cm³/mol. The lowest BCUT2D eigenvalue weighted by molar-refractivity contribution is -0.0160. The second-order valence-corrected chi connectivity index (χ2v) is 7.46. The molecule has 1 nitrogen and oxygen atoms in total. The maximum Gasteiger partial charge on any atom is 0.0763 e. The maximum atomic E-state index is 11.3. The van der Waals surface area contributed by atoms with Crippen molar-refractivity contribution in [2.24, 2.45) is 0 Å². The van der Waals surface area contributed by atoms with Crippen molar-refractivity contribution in [2.45, 2.75) is 57.0 Å². The van der Waals surface area contributed by atoms with Crippen molar-refractivity contribution in [2.75, 3.05) is 0 Å². The van der Waals surface area contributed by atoms with Crippen LogP contribution in [0.2, 0.25) is 0 Å². The summed E-state index contributed by atoms with van der Waals surface area (Å²) in [5, 5.41) is 11.3. The first kappa shape index (κ1) is 14.8. The smallest absolute Gasteiger partial charge is 0.0763 e. The van der Waals surface area contributed by atoms with E-state index in [4.69, 9.17) is 0 Å². The molecule has 1 aliphatic rings. The predicted octanol–water partition coefficient (Wildman–Crippen LogP) is 4.94. The van der Waals surface area contributed by atoms with E-state index in [1.165, 1.54) is 21.7 Å². The van der Waals surface area contributed by atoms with Crippen LogP contribution in [0.5, 0.6) is 0 Å². The standard InChI is InChI=1S/C19H24OS/c1-2-16-11-12-17(21-16)14-19(20)13-7-6-10-18(19)15-8-4-3-5-9-15/h3-5,8-9,11-12,18,20H,2,6-7,10,13-14H2,1H3. The van der Waals surface area contributed by atoms with Gasteiger partial charge in [0.2, 0.25) is 0 Å². The van der Waals surface area contributed by atoms with Gasteiger partial charge in [0.05, 0.1) is 5.60 Å². The Bertz CT molecular complexity index is 574. The number of thiophene rings is 1. The van der Waals surface area contributed by atoms with E-state index in [1.807, 2.05) is 11.3 Å². The van der Waals surface area contributed by atoms with Gasteiger partial charge in [0, 0.05) is 22.1 Å². The summed E-state index contributed by atoms with van der Waals surface area (Å²) in [7, 11) is 0. The molecule has 2 unspecified atom stereocenters. The Morgan fingerprint density at radius 3 is 2.57 bits per heavy atom. The van der Waals surface area contributed by atoms with E-state index in [-0.39, 0.29) is 5.92 Å². The monoisotopic (exact) mass is 300 g/mol. The third kappa shape index (κ3) is 3.22. The molecule has 1 aromatic carbocycles. The highest BCUT2D eigenvalue weighted by Gasteiger charge is 2.39. The van der Waals surface area contributed by atoms with Gasteiger partial charge in [-0.15, -0.1) is 11.3 Å². The summed E-state index contributed by atoms with van der Waals surface area (Å²) in [4.78, 5) is 2.75. The molecular formula is C19H24OS. The highest BCUT2D eigenvalue weighted by atomic mass is 32.1. The fourth-order valence-electron chi connectivity index (χ4n) is 3.61. The van der Waals surface area contributed by atoms with E-state index in [1.54, 1.807) is 0 Å². The Morgan fingerprint density at radius 2 is 1.86 bits per heavy atom. The molecule has 1 N–H and O–H groups in total. The Labute approximate surface area is 131 Å². The van der Waals surface area contributed by atoms with Crippen molar-refractivity contribution in [1.29, 1.82) is 0 Å². The molecule has 3 rings (SSSR count).